The molecule has 2 atom stereocenters. The number of carbonyl (C=O) groups excluding carboxylic acids is 1. The molecular weight excluding hydrogens is 260 g/mol. The summed E-state index contributed by atoms with van der Waals surface area (Å²) in [5, 5.41) is 6.26. The molecule has 0 saturated carbocycles. The summed E-state index contributed by atoms with van der Waals surface area (Å²) in [6.45, 7) is 5.92. The smallest absolute Gasteiger partial charge is 0.237 e. The van der Waals surface area contributed by atoms with E-state index in [1.807, 2.05) is 0 Å². The van der Waals surface area contributed by atoms with Gasteiger partial charge in [0.1, 0.15) is 0 Å². The quantitative estimate of drug-likeness (QED) is 0.890. The lowest BCUT2D eigenvalue weighted by atomic mass is 9.99. The maximum Gasteiger partial charge on any atom is 0.237 e. The molecule has 2 N–H and O–H groups in total. The normalized spacial score (nSPS) is 19.6. The highest BCUT2D eigenvalue weighted by Gasteiger charge is 2.21. The molecule has 0 aliphatic carbocycles. The first-order chi connectivity index (χ1) is 8.66. The van der Waals surface area contributed by atoms with E-state index in [1.165, 1.54) is 11.1 Å². The van der Waals surface area contributed by atoms with Gasteiger partial charge in [0.2, 0.25) is 5.91 Å². The Bertz CT molecular complexity index is 416. The monoisotopic (exact) mass is 282 g/mol. The second-order valence-electron chi connectivity index (χ2n) is 5.21. The van der Waals surface area contributed by atoms with Crippen LogP contribution in [-0.4, -0.2) is 25.0 Å². The average molecular weight is 283 g/mol. The number of hydrogen-bond acceptors (Lipinski definition) is 2. The zero-order valence-electron chi connectivity index (χ0n) is 11.6. The van der Waals surface area contributed by atoms with Gasteiger partial charge in [0.15, 0.2) is 0 Å². The first-order valence-corrected chi connectivity index (χ1v) is 6.74. The number of amides is 1. The summed E-state index contributed by atoms with van der Waals surface area (Å²) in [6.07, 6.45) is 2.07. The van der Waals surface area contributed by atoms with Crippen LogP contribution in [0, 0.1) is 6.92 Å². The van der Waals surface area contributed by atoms with Gasteiger partial charge in [0.05, 0.1) is 6.04 Å². The van der Waals surface area contributed by atoms with Crippen LogP contribution in [0.3, 0.4) is 0 Å². The van der Waals surface area contributed by atoms with Gasteiger partial charge in [-0.2, -0.15) is 0 Å². The highest BCUT2D eigenvalue weighted by Crippen LogP contribution is 2.15. The van der Waals surface area contributed by atoms with Gasteiger partial charge in [-0.3, -0.25) is 4.79 Å². The molecule has 19 heavy (non-hydrogen) atoms. The molecule has 0 radical (unpaired) electrons. The van der Waals surface area contributed by atoms with Crippen LogP contribution in [0.5, 0.6) is 0 Å². The molecule has 4 heteroatoms. The topological polar surface area (TPSA) is 41.1 Å². The Hall–Kier alpha value is -1.06. The number of rotatable bonds is 4. The predicted molar refractivity (Wildman–Crippen MR) is 80.9 cm³/mol. The fourth-order valence-electron chi connectivity index (χ4n) is 2.38. The lowest BCUT2D eigenvalue weighted by Crippen LogP contribution is -2.41. The van der Waals surface area contributed by atoms with Crippen LogP contribution in [0.4, 0.5) is 0 Å². The van der Waals surface area contributed by atoms with E-state index in [-0.39, 0.29) is 24.4 Å². The summed E-state index contributed by atoms with van der Waals surface area (Å²) in [7, 11) is 0. The standard InChI is InChI=1S/C15H22N2O.ClH/c1-11-5-3-6-13(9-11)12(2)10-17-15(18)14-7-4-8-16-14;/h3,5-6,9,12,14,16H,4,7-8,10H2,1-2H3,(H,17,18);1H. The summed E-state index contributed by atoms with van der Waals surface area (Å²) in [6, 6.07) is 8.50. The predicted octanol–water partition coefficient (Wildman–Crippen LogP) is 2.39. The number of halogens is 1. The van der Waals surface area contributed by atoms with Crippen molar-refractivity contribution in [1.82, 2.24) is 10.6 Å². The van der Waals surface area contributed by atoms with E-state index in [1.54, 1.807) is 0 Å². The number of carbonyl (C=O) groups is 1. The van der Waals surface area contributed by atoms with Gasteiger partial charge in [-0.1, -0.05) is 36.8 Å². The maximum absolute atomic E-state index is 11.9. The number of benzene rings is 1. The van der Waals surface area contributed by atoms with Crippen molar-refractivity contribution < 1.29 is 4.79 Å². The molecule has 2 unspecified atom stereocenters. The fourth-order valence-corrected chi connectivity index (χ4v) is 2.38. The van der Waals surface area contributed by atoms with Crippen molar-refractivity contribution >= 4 is 18.3 Å². The summed E-state index contributed by atoms with van der Waals surface area (Å²) in [5.74, 6) is 0.502. The molecule has 1 aliphatic heterocycles. The van der Waals surface area contributed by atoms with Gasteiger partial charge >= 0.3 is 0 Å². The van der Waals surface area contributed by atoms with Crippen molar-refractivity contribution in [2.24, 2.45) is 0 Å². The lowest BCUT2D eigenvalue weighted by Gasteiger charge is -2.16. The molecule has 0 spiro atoms. The molecule has 1 amide bonds. The second-order valence-corrected chi connectivity index (χ2v) is 5.21. The van der Waals surface area contributed by atoms with E-state index >= 15 is 0 Å². The third-order valence-corrected chi connectivity index (χ3v) is 3.57. The Morgan fingerprint density at radius 3 is 2.95 bits per heavy atom. The average Bonchev–Trinajstić information content (AvgIpc) is 2.89. The van der Waals surface area contributed by atoms with Crippen molar-refractivity contribution in [1.29, 1.82) is 0 Å². The largest absolute Gasteiger partial charge is 0.354 e. The Labute approximate surface area is 121 Å². The number of nitrogens with one attached hydrogen (secondary N) is 2. The molecule has 3 nitrogen and oxygen atoms in total. The highest BCUT2D eigenvalue weighted by molar-refractivity contribution is 5.85. The minimum absolute atomic E-state index is 0. The summed E-state index contributed by atoms with van der Waals surface area (Å²) < 4.78 is 0. The van der Waals surface area contributed by atoms with E-state index in [4.69, 9.17) is 0 Å². The Balaban J connectivity index is 0.00000180. The van der Waals surface area contributed by atoms with E-state index in [0.717, 1.165) is 19.4 Å². The minimum atomic E-state index is 0. The highest BCUT2D eigenvalue weighted by atomic mass is 35.5. The van der Waals surface area contributed by atoms with Crippen LogP contribution in [0.25, 0.3) is 0 Å². The minimum Gasteiger partial charge on any atom is -0.354 e. The first kappa shape index (κ1) is 16.0. The first-order valence-electron chi connectivity index (χ1n) is 6.74. The van der Waals surface area contributed by atoms with E-state index in [9.17, 15) is 4.79 Å². The van der Waals surface area contributed by atoms with E-state index in [2.05, 4.69) is 48.7 Å². The number of hydrogen-bond donors (Lipinski definition) is 2. The van der Waals surface area contributed by atoms with Crippen LogP contribution in [0.2, 0.25) is 0 Å². The molecule has 2 rings (SSSR count). The van der Waals surface area contributed by atoms with Gasteiger partial charge in [0, 0.05) is 6.54 Å². The van der Waals surface area contributed by atoms with Gasteiger partial charge in [0.25, 0.3) is 0 Å². The van der Waals surface area contributed by atoms with Crippen molar-refractivity contribution in [3.8, 4) is 0 Å². The van der Waals surface area contributed by atoms with Gasteiger partial charge in [-0.25, -0.2) is 0 Å². The summed E-state index contributed by atoms with van der Waals surface area (Å²) >= 11 is 0. The Kier molecular flexibility index (Phi) is 6.32. The number of aryl methyl sites for hydroxylation is 1. The molecule has 1 saturated heterocycles. The zero-order valence-corrected chi connectivity index (χ0v) is 12.4. The van der Waals surface area contributed by atoms with Gasteiger partial charge in [-0.05, 0) is 37.8 Å². The molecule has 1 fully saturated rings. The van der Waals surface area contributed by atoms with Crippen LogP contribution in [0.15, 0.2) is 24.3 Å². The van der Waals surface area contributed by atoms with Crippen LogP contribution in [-0.2, 0) is 4.79 Å². The van der Waals surface area contributed by atoms with Crippen molar-refractivity contribution in [3.63, 3.8) is 0 Å². The van der Waals surface area contributed by atoms with Gasteiger partial charge < -0.3 is 10.6 Å². The lowest BCUT2D eigenvalue weighted by molar-refractivity contribution is -0.122. The molecule has 0 bridgehead atoms. The molecule has 1 aromatic rings. The summed E-state index contributed by atoms with van der Waals surface area (Å²) in [5.41, 5.74) is 2.55. The second kappa shape index (κ2) is 7.51. The van der Waals surface area contributed by atoms with Crippen molar-refractivity contribution in [3.05, 3.63) is 35.4 Å². The molecule has 0 aromatic heterocycles. The Morgan fingerprint density at radius 2 is 2.32 bits per heavy atom. The molecule has 1 aliphatic rings. The van der Waals surface area contributed by atoms with Crippen molar-refractivity contribution in [2.45, 2.75) is 38.6 Å². The van der Waals surface area contributed by atoms with Crippen molar-refractivity contribution in [2.75, 3.05) is 13.1 Å². The van der Waals surface area contributed by atoms with Gasteiger partial charge in [-0.15, -0.1) is 12.4 Å². The molecule has 1 heterocycles. The van der Waals surface area contributed by atoms with Crippen LogP contribution >= 0.6 is 12.4 Å². The summed E-state index contributed by atoms with van der Waals surface area (Å²) in [4.78, 5) is 11.9. The third-order valence-electron chi connectivity index (χ3n) is 3.57. The molecular formula is C15H23ClN2O. The van der Waals surface area contributed by atoms with Crippen LogP contribution in [0.1, 0.15) is 36.8 Å². The third kappa shape index (κ3) is 4.51. The Morgan fingerprint density at radius 1 is 1.53 bits per heavy atom. The van der Waals surface area contributed by atoms with E-state index in [0.29, 0.717) is 12.5 Å². The molecule has 1 aromatic carbocycles. The zero-order chi connectivity index (χ0) is 13.0. The van der Waals surface area contributed by atoms with Crippen LogP contribution < -0.4 is 10.6 Å². The SMILES string of the molecule is Cc1cccc(C(C)CNC(=O)C2CCCN2)c1.Cl. The maximum atomic E-state index is 11.9. The fraction of sp³-hybridized carbons (Fsp3) is 0.533. The molecule has 106 valence electrons. The van der Waals surface area contributed by atoms with E-state index < -0.39 is 0 Å².